The van der Waals surface area contributed by atoms with Crippen molar-refractivity contribution >= 4 is 11.6 Å². The van der Waals surface area contributed by atoms with Crippen molar-refractivity contribution < 1.29 is 35.5 Å². The molecule has 1 atom stereocenters. The number of aryl methyl sites for hydroxylation is 2. The molecule has 2 rings (SSSR count). The maximum atomic E-state index is 14.6. The standard InChI is InChI=1S/C21H25F7N4O/c1-10(2)9-11(3)17-14(29-18(33)16-12(4)31-32(6)13(16)5)7-8-15(30-17)19(22,20(23,24)25)21(26,27)28/h7-8,10-11H,9H2,1-6H3,(H,29,33). The lowest BCUT2D eigenvalue weighted by atomic mass is 9.92. The van der Waals surface area contributed by atoms with Crippen molar-refractivity contribution in [2.75, 3.05) is 5.32 Å². The first-order valence-corrected chi connectivity index (χ1v) is 10.1. The molecule has 33 heavy (non-hydrogen) atoms. The molecule has 0 aliphatic rings. The number of pyridine rings is 1. The number of alkyl halides is 7. The SMILES string of the molecule is Cc1nn(C)c(C)c1C(=O)Nc1ccc(C(F)(C(F)(F)F)C(F)(F)F)nc1C(C)CC(C)C. The summed E-state index contributed by atoms with van der Waals surface area (Å²) in [5.74, 6) is -1.34. The molecule has 0 aromatic carbocycles. The normalized spacial score (nSPS) is 14.0. The van der Waals surface area contributed by atoms with Gasteiger partial charge in [-0.15, -0.1) is 0 Å². The highest BCUT2D eigenvalue weighted by molar-refractivity contribution is 6.06. The van der Waals surface area contributed by atoms with Crippen molar-refractivity contribution in [3.05, 3.63) is 40.5 Å². The fraction of sp³-hybridized carbons (Fsp3) is 0.571. The molecule has 1 unspecified atom stereocenters. The summed E-state index contributed by atoms with van der Waals surface area (Å²) >= 11 is 0. The van der Waals surface area contributed by atoms with Crippen molar-refractivity contribution in [2.24, 2.45) is 13.0 Å². The summed E-state index contributed by atoms with van der Waals surface area (Å²) < 4.78 is 95.5. The van der Waals surface area contributed by atoms with Gasteiger partial charge in [-0.3, -0.25) is 14.5 Å². The Morgan fingerprint density at radius 2 is 1.58 bits per heavy atom. The number of hydrogen-bond donors (Lipinski definition) is 1. The molecule has 2 aromatic rings. The third kappa shape index (κ3) is 4.98. The van der Waals surface area contributed by atoms with Crippen molar-refractivity contribution in [1.29, 1.82) is 0 Å². The summed E-state index contributed by atoms with van der Waals surface area (Å²) in [7, 11) is 1.61. The van der Waals surface area contributed by atoms with Crippen LogP contribution in [-0.2, 0) is 12.7 Å². The molecule has 0 aliphatic carbocycles. The molecule has 2 heterocycles. The highest BCUT2D eigenvalue weighted by atomic mass is 19.4. The number of amides is 1. The summed E-state index contributed by atoms with van der Waals surface area (Å²) in [4.78, 5) is 16.3. The maximum absolute atomic E-state index is 14.6. The van der Waals surface area contributed by atoms with Gasteiger partial charge in [0.15, 0.2) is 0 Å². The Hall–Kier alpha value is -2.66. The number of aromatic nitrogens is 3. The number of hydrogen-bond acceptors (Lipinski definition) is 3. The lowest BCUT2D eigenvalue weighted by molar-refractivity contribution is -0.350. The van der Waals surface area contributed by atoms with E-state index in [1.807, 2.05) is 0 Å². The van der Waals surface area contributed by atoms with Crippen LogP contribution in [0.15, 0.2) is 12.1 Å². The molecule has 0 bridgehead atoms. The Bertz CT molecular complexity index is 1010. The van der Waals surface area contributed by atoms with Crippen molar-refractivity contribution in [3.63, 3.8) is 0 Å². The average Bonchev–Trinajstić information content (AvgIpc) is 2.90. The number of nitrogens with one attached hydrogen (secondary N) is 1. The molecule has 1 N–H and O–H groups in total. The Morgan fingerprint density at radius 3 is 2.00 bits per heavy atom. The van der Waals surface area contributed by atoms with Crippen LogP contribution in [0.3, 0.4) is 0 Å². The first kappa shape index (κ1) is 26.6. The van der Waals surface area contributed by atoms with Crippen LogP contribution in [0.25, 0.3) is 0 Å². The molecular weight excluding hydrogens is 457 g/mol. The molecule has 0 fully saturated rings. The topological polar surface area (TPSA) is 59.8 Å². The minimum Gasteiger partial charge on any atom is -0.320 e. The fourth-order valence-corrected chi connectivity index (χ4v) is 3.71. The largest absolute Gasteiger partial charge is 0.437 e. The smallest absolute Gasteiger partial charge is 0.320 e. The molecule has 184 valence electrons. The van der Waals surface area contributed by atoms with Gasteiger partial charge in [-0.1, -0.05) is 20.8 Å². The second-order valence-electron chi connectivity index (χ2n) is 8.44. The van der Waals surface area contributed by atoms with Crippen molar-refractivity contribution in [3.8, 4) is 0 Å². The molecule has 0 saturated carbocycles. The first-order chi connectivity index (χ1) is 14.9. The van der Waals surface area contributed by atoms with Crippen molar-refractivity contribution in [1.82, 2.24) is 14.8 Å². The van der Waals surface area contributed by atoms with E-state index in [4.69, 9.17) is 0 Å². The van der Waals surface area contributed by atoms with Crippen LogP contribution in [0.4, 0.5) is 36.4 Å². The quantitative estimate of drug-likeness (QED) is 0.505. The van der Waals surface area contributed by atoms with Gasteiger partial charge in [-0.05, 0) is 38.3 Å². The molecular formula is C21H25F7N4O. The van der Waals surface area contributed by atoms with E-state index in [-0.39, 0.29) is 22.9 Å². The van der Waals surface area contributed by atoms with E-state index >= 15 is 0 Å². The molecule has 2 aromatic heterocycles. The summed E-state index contributed by atoms with van der Waals surface area (Å²) in [5.41, 5.74) is -6.79. The van der Waals surface area contributed by atoms with Gasteiger partial charge in [0.1, 0.15) is 0 Å². The average molecular weight is 482 g/mol. The maximum Gasteiger partial charge on any atom is 0.437 e. The monoisotopic (exact) mass is 482 g/mol. The molecule has 0 aliphatic heterocycles. The van der Waals surface area contributed by atoms with Gasteiger partial charge in [0.2, 0.25) is 0 Å². The molecule has 1 amide bonds. The van der Waals surface area contributed by atoms with Gasteiger partial charge in [-0.25, -0.2) is 4.39 Å². The van der Waals surface area contributed by atoms with Crippen LogP contribution in [0, 0.1) is 19.8 Å². The van der Waals surface area contributed by atoms with Crippen LogP contribution >= 0.6 is 0 Å². The van der Waals surface area contributed by atoms with E-state index in [0.29, 0.717) is 23.9 Å². The number of carbonyl (C=O) groups excluding carboxylic acids is 1. The number of nitrogens with zero attached hydrogens (tertiary/aromatic N) is 3. The summed E-state index contributed by atoms with van der Waals surface area (Å²) in [5, 5.41) is 6.60. The molecule has 0 saturated heterocycles. The van der Waals surface area contributed by atoms with Crippen LogP contribution in [0.1, 0.15) is 66.2 Å². The second-order valence-corrected chi connectivity index (χ2v) is 8.44. The van der Waals surface area contributed by atoms with Gasteiger partial charge >= 0.3 is 18.0 Å². The van der Waals surface area contributed by atoms with Crippen LogP contribution in [0.2, 0.25) is 0 Å². The van der Waals surface area contributed by atoms with E-state index in [0.717, 1.165) is 6.07 Å². The molecule has 12 heteroatoms. The third-order valence-electron chi connectivity index (χ3n) is 5.33. The van der Waals surface area contributed by atoms with Crippen LogP contribution in [-0.4, -0.2) is 33.0 Å². The lowest BCUT2D eigenvalue weighted by Crippen LogP contribution is -2.51. The van der Waals surface area contributed by atoms with E-state index in [2.05, 4.69) is 15.4 Å². The zero-order chi connectivity index (χ0) is 25.5. The van der Waals surface area contributed by atoms with Crippen LogP contribution < -0.4 is 5.32 Å². The number of rotatable bonds is 6. The van der Waals surface area contributed by atoms with Crippen LogP contribution in [0.5, 0.6) is 0 Å². The van der Waals surface area contributed by atoms with Gasteiger partial charge in [0.25, 0.3) is 5.91 Å². The van der Waals surface area contributed by atoms with E-state index < -0.39 is 35.5 Å². The highest BCUT2D eigenvalue weighted by Crippen LogP contribution is 2.53. The Morgan fingerprint density at radius 1 is 1.03 bits per heavy atom. The summed E-state index contributed by atoms with van der Waals surface area (Å²) in [6.45, 7) is 8.33. The third-order valence-corrected chi connectivity index (χ3v) is 5.33. The zero-order valence-corrected chi connectivity index (χ0v) is 18.9. The number of halogens is 7. The Kier molecular flexibility index (Phi) is 7.20. The molecule has 5 nitrogen and oxygen atoms in total. The predicted molar refractivity (Wildman–Crippen MR) is 108 cm³/mol. The fourth-order valence-electron chi connectivity index (χ4n) is 3.71. The van der Waals surface area contributed by atoms with E-state index in [9.17, 15) is 35.5 Å². The number of carbonyl (C=O) groups is 1. The van der Waals surface area contributed by atoms with Gasteiger partial charge in [0, 0.05) is 18.7 Å². The minimum atomic E-state index is -6.29. The lowest BCUT2D eigenvalue weighted by Gasteiger charge is -2.30. The van der Waals surface area contributed by atoms with E-state index in [1.165, 1.54) is 11.6 Å². The predicted octanol–water partition coefficient (Wildman–Crippen LogP) is 6.12. The zero-order valence-electron chi connectivity index (χ0n) is 18.9. The number of anilines is 1. The Labute approximate surface area is 186 Å². The van der Waals surface area contributed by atoms with Crippen molar-refractivity contribution in [2.45, 2.75) is 65.0 Å². The van der Waals surface area contributed by atoms with E-state index in [1.54, 1.807) is 34.7 Å². The first-order valence-electron chi connectivity index (χ1n) is 10.1. The van der Waals surface area contributed by atoms with Gasteiger partial charge in [-0.2, -0.15) is 31.4 Å². The summed E-state index contributed by atoms with van der Waals surface area (Å²) in [6, 6.07) is 1.12. The highest BCUT2D eigenvalue weighted by Gasteiger charge is 2.74. The second kappa shape index (κ2) is 8.94. The van der Waals surface area contributed by atoms with Gasteiger partial charge < -0.3 is 5.32 Å². The van der Waals surface area contributed by atoms with Gasteiger partial charge in [0.05, 0.1) is 28.3 Å². The minimum absolute atomic E-state index is 0.00261. The molecule has 0 radical (unpaired) electrons. The molecule has 0 spiro atoms. The summed E-state index contributed by atoms with van der Waals surface area (Å²) in [6.07, 6.45) is -12.3. The Balaban J connectivity index is 2.64.